The Hall–Kier alpha value is -2.66. The van der Waals surface area contributed by atoms with Gasteiger partial charge < -0.3 is 11.1 Å². The Balaban J connectivity index is 1.76. The van der Waals surface area contributed by atoms with E-state index in [0.717, 1.165) is 17.0 Å². The molecular formula is C18H17N3OS. The Bertz CT molecular complexity index is 824. The number of amides is 1. The average Bonchev–Trinajstić information content (AvgIpc) is 3.06. The maximum atomic E-state index is 12.3. The zero-order valence-corrected chi connectivity index (χ0v) is 13.6. The van der Waals surface area contributed by atoms with Gasteiger partial charge in [0.25, 0.3) is 5.91 Å². The van der Waals surface area contributed by atoms with Crippen LogP contribution in [0.2, 0.25) is 0 Å². The summed E-state index contributed by atoms with van der Waals surface area (Å²) in [6.07, 6.45) is 2.88. The Labute approximate surface area is 139 Å². The van der Waals surface area contributed by atoms with Gasteiger partial charge >= 0.3 is 0 Å². The molecule has 0 spiro atoms. The number of anilines is 2. The van der Waals surface area contributed by atoms with Gasteiger partial charge in [0.15, 0.2) is 0 Å². The second-order valence-electron chi connectivity index (χ2n) is 5.10. The van der Waals surface area contributed by atoms with Gasteiger partial charge in [0.2, 0.25) is 0 Å². The molecule has 3 N–H and O–H groups in total. The van der Waals surface area contributed by atoms with Crippen LogP contribution in [0.4, 0.5) is 11.4 Å². The Kier molecular flexibility index (Phi) is 4.39. The Morgan fingerprint density at radius 2 is 1.91 bits per heavy atom. The van der Waals surface area contributed by atoms with Crippen molar-refractivity contribution in [2.45, 2.75) is 13.3 Å². The molecule has 1 heterocycles. The summed E-state index contributed by atoms with van der Waals surface area (Å²) in [4.78, 5) is 17.9. The van der Waals surface area contributed by atoms with Crippen LogP contribution in [0.3, 0.4) is 0 Å². The minimum Gasteiger partial charge on any atom is -0.397 e. The standard InChI is InChI=1S/C18H17N3OS/c1-2-14-11-20-18(23-14)13-9-7-12(8-10-13)17(22)21-16-6-4-3-5-15(16)19/h3-11H,2,19H2,1H3,(H,21,22). The van der Waals surface area contributed by atoms with Crippen molar-refractivity contribution in [1.82, 2.24) is 4.98 Å². The smallest absolute Gasteiger partial charge is 0.255 e. The van der Waals surface area contributed by atoms with Crippen molar-refractivity contribution in [3.63, 3.8) is 0 Å². The number of nitrogens with two attached hydrogens (primary N) is 1. The number of aryl methyl sites for hydroxylation is 1. The van der Waals surface area contributed by atoms with Crippen molar-refractivity contribution in [3.8, 4) is 10.6 Å². The predicted octanol–water partition coefficient (Wildman–Crippen LogP) is 4.21. The minimum absolute atomic E-state index is 0.178. The van der Waals surface area contributed by atoms with E-state index < -0.39 is 0 Å². The van der Waals surface area contributed by atoms with Gasteiger partial charge in [-0.1, -0.05) is 31.2 Å². The lowest BCUT2D eigenvalue weighted by Gasteiger charge is -2.08. The summed E-state index contributed by atoms with van der Waals surface area (Å²) in [5.74, 6) is -0.178. The van der Waals surface area contributed by atoms with E-state index in [9.17, 15) is 4.79 Å². The molecule has 116 valence electrons. The van der Waals surface area contributed by atoms with Gasteiger partial charge in [-0.3, -0.25) is 4.79 Å². The first-order valence-corrected chi connectivity index (χ1v) is 8.20. The molecule has 23 heavy (non-hydrogen) atoms. The van der Waals surface area contributed by atoms with Crippen LogP contribution in [-0.4, -0.2) is 10.9 Å². The molecule has 0 radical (unpaired) electrons. The van der Waals surface area contributed by atoms with E-state index in [4.69, 9.17) is 5.73 Å². The van der Waals surface area contributed by atoms with Gasteiger partial charge in [0.05, 0.1) is 11.4 Å². The maximum absolute atomic E-state index is 12.3. The fourth-order valence-corrected chi connectivity index (χ4v) is 3.03. The topological polar surface area (TPSA) is 68.0 Å². The molecular weight excluding hydrogens is 306 g/mol. The molecule has 4 nitrogen and oxygen atoms in total. The van der Waals surface area contributed by atoms with Crippen molar-refractivity contribution in [2.75, 3.05) is 11.1 Å². The third kappa shape index (κ3) is 3.40. The van der Waals surface area contributed by atoms with E-state index in [1.54, 1.807) is 35.6 Å². The zero-order valence-electron chi connectivity index (χ0n) is 12.7. The van der Waals surface area contributed by atoms with Crippen LogP contribution in [0.1, 0.15) is 22.2 Å². The van der Waals surface area contributed by atoms with Crippen molar-refractivity contribution in [2.24, 2.45) is 0 Å². The monoisotopic (exact) mass is 323 g/mol. The molecule has 0 aliphatic rings. The van der Waals surface area contributed by atoms with E-state index in [0.29, 0.717) is 16.9 Å². The van der Waals surface area contributed by atoms with Gasteiger partial charge in [-0.25, -0.2) is 4.98 Å². The lowest BCUT2D eigenvalue weighted by molar-refractivity contribution is 0.102. The summed E-state index contributed by atoms with van der Waals surface area (Å²) in [5, 5.41) is 3.80. The lowest BCUT2D eigenvalue weighted by Crippen LogP contribution is -2.12. The highest BCUT2D eigenvalue weighted by Gasteiger charge is 2.09. The molecule has 0 unspecified atom stereocenters. The van der Waals surface area contributed by atoms with E-state index in [1.165, 1.54) is 4.88 Å². The number of hydrogen-bond donors (Lipinski definition) is 2. The molecule has 0 atom stereocenters. The van der Waals surface area contributed by atoms with Crippen LogP contribution in [0.5, 0.6) is 0 Å². The number of nitrogens with zero attached hydrogens (tertiary/aromatic N) is 1. The number of benzene rings is 2. The SMILES string of the molecule is CCc1cnc(-c2ccc(C(=O)Nc3ccccc3N)cc2)s1. The first kappa shape index (κ1) is 15.2. The molecule has 0 bridgehead atoms. The Morgan fingerprint density at radius 3 is 2.57 bits per heavy atom. The van der Waals surface area contributed by atoms with Crippen molar-refractivity contribution < 1.29 is 4.79 Å². The van der Waals surface area contributed by atoms with Gasteiger partial charge in [-0.05, 0) is 30.7 Å². The number of nitrogens with one attached hydrogen (secondary N) is 1. The van der Waals surface area contributed by atoms with Crippen LogP contribution in [-0.2, 0) is 6.42 Å². The summed E-state index contributed by atoms with van der Waals surface area (Å²) in [6.45, 7) is 2.11. The van der Waals surface area contributed by atoms with Crippen LogP contribution >= 0.6 is 11.3 Å². The van der Waals surface area contributed by atoms with Crippen molar-refractivity contribution in [3.05, 3.63) is 65.2 Å². The highest BCUT2D eigenvalue weighted by atomic mass is 32.1. The number of carbonyl (C=O) groups excluding carboxylic acids is 1. The average molecular weight is 323 g/mol. The van der Waals surface area contributed by atoms with Crippen LogP contribution < -0.4 is 11.1 Å². The quantitative estimate of drug-likeness (QED) is 0.707. The Morgan fingerprint density at radius 1 is 1.17 bits per heavy atom. The molecule has 0 saturated heterocycles. The highest BCUT2D eigenvalue weighted by molar-refractivity contribution is 7.15. The van der Waals surface area contributed by atoms with Gasteiger partial charge in [-0.2, -0.15) is 0 Å². The summed E-state index contributed by atoms with van der Waals surface area (Å²) >= 11 is 1.68. The van der Waals surface area contributed by atoms with Gasteiger partial charge in [0.1, 0.15) is 5.01 Å². The molecule has 1 amide bonds. The molecule has 0 saturated carbocycles. The minimum atomic E-state index is -0.178. The van der Waals surface area contributed by atoms with E-state index in [2.05, 4.69) is 17.2 Å². The number of hydrogen-bond acceptors (Lipinski definition) is 4. The summed E-state index contributed by atoms with van der Waals surface area (Å²) in [7, 11) is 0. The second kappa shape index (κ2) is 6.62. The normalized spacial score (nSPS) is 10.5. The highest BCUT2D eigenvalue weighted by Crippen LogP contribution is 2.26. The summed E-state index contributed by atoms with van der Waals surface area (Å²) in [5.41, 5.74) is 8.62. The maximum Gasteiger partial charge on any atom is 0.255 e. The fourth-order valence-electron chi connectivity index (χ4n) is 2.17. The third-order valence-corrected chi connectivity index (χ3v) is 4.70. The molecule has 0 fully saturated rings. The number of aromatic nitrogens is 1. The number of rotatable bonds is 4. The number of thiazole rings is 1. The summed E-state index contributed by atoms with van der Waals surface area (Å²) < 4.78 is 0. The predicted molar refractivity (Wildman–Crippen MR) is 95.7 cm³/mol. The van der Waals surface area contributed by atoms with E-state index in [1.807, 2.05) is 30.5 Å². The lowest BCUT2D eigenvalue weighted by atomic mass is 10.1. The largest absolute Gasteiger partial charge is 0.397 e. The van der Waals surface area contributed by atoms with Crippen LogP contribution in [0.25, 0.3) is 10.6 Å². The van der Waals surface area contributed by atoms with Crippen molar-refractivity contribution >= 4 is 28.6 Å². The third-order valence-electron chi connectivity index (χ3n) is 3.51. The zero-order chi connectivity index (χ0) is 16.2. The fraction of sp³-hybridized carbons (Fsp3) is 0.111. The van der Waals surface area contributed by atoms with E-state index in [-0.39, 0.29) is 5.91 Å². The molecule has 0 aliphatic heterocycles. The van der Waals surface area contributed by atoms with Crippen LogP contribution in [0.15, 0.2) is 54.7 Å². The molecule has 3 rings (SSSR count). The van der Waals surface area contributed by atoms with Gasteiger partial charge in [0, 0.05) is 22.2 Å². The molecule has 0 aliphatic carbocycles. The van der Waals surface area contributed by atoms with E-state index >= 15 is 0 Å². The number of nitrogen functional groups attached to an aromatic ring is 1. The first-order chi connectivity index (χ1) is 11.2. The molecule has 2 aromatic carbocycles. The van der Waals surface area contributed by atoms with Gasteiger partial charge in [-0.15, -0.1) is 11.3 Å². The number of para-hydroxylation sites is 2. The second-order valence-corrected chi connectivity index (χ2v) is 6.22. The van der Waals surface area contributed by atoms with Crippen LogP contribution in [0, 0.1) is 0 Å². The first-order valence-electron chi connectivity index (χ1n) is 7.38. The summed E-state index contributed by atoms with van der Waals surface area (Å²) in [6, 6.07) is 14.6. The van der Waals surface area contributed by atoms with Crippen molar-refractivity contribution in [1.29, 1.82) is 0 Å². The molecule has 3 aromatic rings. The molecule has 1 aromatic heterocycles. The molecule has 5 heteroatoms. The number of carbonyl (C=O) groups is 1.